The fourth-order valence-corrected chi connectivity index (χ4v) is 4.64. The van der Waals surface area contributed by atoms with Crippen molar-refractivity contribution in [2.75, 3.05) is 6.61 Å². The van der Waals surface area contributed by atoms with Crippen molar-refractivity contribution in [3.8, 4) is 0 Å². The van der Waals surface area contributed by atoms with Crippen LogP contribution in [-0.2, 0) is 17.6 Å². The summed E-state index contributed by atoms with van der Waals surface area (Å²) in [5.41, 5.74) is 4.28. The van der Waals surface area contributed by atoms with E-state index in [-0.39, 0.29) is 5.38 Å². The molecule has 0 spiro atoms. The Labute approximate surface area is 131 Å². The minimum Gasteiger partial charge on any atom is -0.378 e. The summed E-state index contributed by atoms with van der Waals surface area (Å²) in [7, 11) is 0. The zero-order valence-corrected chi connectivity index (χ0v) is 13.2. The van der Waals surface area contributed by atoms with Crippen molar-refractivity contribution in [1.29, 1.82) is 0 Å². The lowest BCUT2D eigenvalue weighted by atomic mass is 9.88. The Balaban J connectivity index is 1.81. The van der Waals surface area contributed by atoms with Crippen LogP contribution in [0, 0.1) is 5.92 Å². The van der Waals surface area contributed by atoms with Crippen molar-refractivity contribution in [1.82, 2.24) is 0 Å². The van der Waals surface area contributed by atoms with Crippen LogP contribution in [0.1, 0.15) is 41.8 Å². The van der Waals surface area contributed by atoms with Gasteiger partial charge in [0.2, 0.25) is 0 Å². The summed E-state index contributed by atoms with van der Waals surface area (Å²) < 4.78 is 5.84. The van der Waals surface area contributed by atoms with Crippen molar-refractivity contribution < 1.29 is 4.74 Å². The highest BCUT2D eigenvalue weighted by molar-refractivity contribution is 6.22. The molecule has 21 heavy (non-hydrogen) atoms. The molecule has 0 aromatic heterocycles. The Morgan fingerprint density at radius 3 is 2.81 bits per heavy atom. The Morgan fingerprint density at radius 2 is 2.00 bits per heavy atom. The molecule has 1 nitrogen and oxygen atoms in total. The quantitative estimate of drug-likeness (QED) is 0.722. The maximum Gasteiger partial charge on any atom is 0.0645 e. The minimum atomic E-state index is 0.0577. The van der Waals surface area contributed by atoms with Gasteiger partial charge >= 0.3 is 0 Å². The third-order valence-electron chi connectivity index (χ3n) is 5.25. The molecule has 2 aliphatic rings. The first kappa shape index (κ1) is 13.6. The van der Waals surface area contributed by atoms with Gasteiger partial charge in [-0.25, -0.2) is 0 Å². The molecule has 3 atom stereocenters. The van der Waals surface area contributed by atoms with E-state index in [1.54, 1.807) is 0 Å². The maximum absolute atomic E-state index is 6.91. The van der Waals surface area contributed by atoms with E-state index in [0.29, 0.717) is 12.0 Å². The number of hydrogen-bond acceptors (Lipinski definition) is 1. The van der Waals surface area contributed by atoms with Gasteiger partial charge in [-0.2, -0.15) is 0 Å². The summed E-state index contributed by atoms with van der Waals surface area (Å²) in [6, 6.07) is 11.2. The monoisotopic (exact) mass is 300 g/mol. The topological polar surface area (TPSA) is 9.23 Å². The molecule has 0 saturated carbocycles. The van der Waals surface area contributed by atoms with Crippen LogP contribution in [0.2, 0.25) is 0 Å². The molecule has 0 bridgehead atoms. The average molecular weight is 301 g/mol. The smallest absolute Gasteiger partial charge is 0.0645 e. The number of ether oxygens (including phenoxy) is 1. The summed E-state index contributed by atoms with van der Waals surface area (Å²) in [5.74, 6) is 0.440. The second-order valence-corrected chi connectivity index (χ2v) is 6.80. The fraction of sp³-hybridized carbons (Fsp3) is 0.474. The zero-order valence-electron chi connectivity index (χ0n) is 12.4. The van der Waals surface area contributed by atoms with Gasteiger partial charge in [0, 0.05) is 12.5 Å². The van der Waals surface area contributed by atoms with Crippen molar-refractivity contribution in [3.63, 3.8) is 0 Å². The highest BCUT2D eigenvalue weighted by atomic mass is 35.5. The van der Waals surface area contributed by atoms with Gasteiger partial charge in [0.05, 0.1) is 11.5 Å². The van der Waals surface area contributed by atoms with Gasteiger partial charge in [0.15, 0.2) is 0 Å². The normalized spacial score (nSPS) is 25.6. The summed E-state index contributed by atoms with van der Waals surface area (Å²) in [6.07, 6.45) is 4.79. The van der Waals surface area contributed by atoms with E-state index >= 15 is 0 Å². The van der Waals surface area contributed by atoms with Crippen molar-refractivity contribution in [2.45, 2.75) is 44.1 Å². The summed E-state index contributed by atoms with van der Waals surface area (Å²) in [4.78, 5) is 0. The number of rotatable bonds is 3. The van der Waals surface area contributed by atoms with E-state index in [9.17, 15) is 0 Å². The standard InChI is InChI=1S/C19H21ClO/c1-2-17-16(10-11-21-17)19(20)15-9-8-13-7-6-12-4-3-5-14(15)18(12)13/h3-5,8-9,16-17,19H,2,6-7,10-11H2,1H3. The van der Waals surface area contributed by atoms with E-state index in [1.807, 2.05) is 0 Å². The van der Waals surface area contributed by atoms with E-state index in [1.165, 1.54) is 40.3 Å². The van der Waals surface area contributed by atoms with Crippen LogP contribution in [0.4, 0.5) is 0 Å². The molecule has 1 heterocycles. The van der Waals surface area contributed by atoms with Crippen molar-refractivity contribution in [2.24, 2.45) is 5.92 Å². The van der Waals surface area contributed by atoms with E-state index < -0.39 is 0 Å². The van der Waals surface area contributed by atoms with Crippen molar-refractivity contribution in [3.05, 3.63) is 47.0 Å². The highest BCUT2D eigenvalue weighted by Crippen LogP contribution is 2.43. The summed E-state index contributed by atoms with van der Waals surface area (Å²) >= 11 is 6.91. The second-order valence-electron chi connectivity index (χ2n) is 6.33. The molecule has 110 valence electrons. The number of halogens is 1. The molecular weight excluding hydrogens is 280 g/mol. The van der Waals surface area contributed by atoms with Crippen LogP contribution >= 0.6 is 11.6 Å². The SMILES string of the molecule is CCC1OCCC1C(Cl)c1ccc2c3c(cccc13)CC2. The predicted molar refractivity (Wildman–Crippen MR) is 88.1 cm³/mol. The van der Waals surface area contributed by atoms with Gasteiger partial charge in [-0.15, -0.1) is 11.6 Å². The third kappa shape index (κ3) is 2.10. The Hall–Kier alpha value is -1.05. The van der Waals surface area contributed by atoms with E-state index in [4.69, 9.17) is 16.3 Å². The lowest BCUT2D eigenvalue weighted by Gasteiger charge is -2.24. The molecule has 3 unspecified atom stereocenters. The van der Waals surface area contributed by atoms with Gasteiger partial charge in [0.25, 0.3) is 0 Å². The van der Waals surface area contributed by atoms with Crippen LogP contribution < -0.4 is 0 Å². The number of aryl methyl sites for hydroxylation is 2. The molecule has 1 aliphatic carbocycles. The first-order chi connectivity index (χ1) is 10.3. The number of hydrogen-bond donors (Lipinski definition) is 0. The third-order valence-corrected chi connectivity index (χ3v) is 5.81. The maximum atomic E-state index is 6.91. The molecule has 4 rings (SSSR count). The fourth-order valence-electron chi connectivity index (χ4n) is 4.16. The van der Waals surface area contributed by atoms with Gasteiger partial charge in [-0.3, -0.25) is 0 Å². The number of benzene rings is 2. The van der Waals surface area contributed by atoms with Gasteiger partial charge in [0.1, 0.15) is 0 Å². The zero-order chi connectivity index (χ0) is 14.4. The molecule has 1 saturated heterocycles. The molecule has 0 amide bonds. The van der Waals surface area contributed by atoms with Crippen LogP contribution in [-0.4, -0.2) is 12.7 Å². The molecule has 1 fully saturated rings. The first-order valence-electron chi connectivity index (χ1n) is 8.08. The van der Waals surface area contributed by atoms with Crippen LogP contribution in [0.3, 0.4) is 0 Å². The van der Waals surface area contributed by atoms with Crippen LogP contribution in [0.25, 0.3) is 10.8 Å². The molecule has 2 aromatic rings. The summed E-state index contributed by atoms with van der Waals surface area (Å²) in [5, 5.41) is 2.89. The van der Waals surface area contributed by atoms with Crippen LogP contribution in [0.5, 0.6) is 0 Å². The Morgan fingerprint density at radius 1 is 1.19 bits per heavy atom. The van der Waals surface area contributed by atoms with Crippen LogP contribution in [0.15, 0.2) is 30.3 Å². The lowest BCUT2D eigenvalue weighted by Crippen LogP contribution is -2.19. The molecular formula is C19H21ClO. The van der Waals surface area contributed by atoms with E-state index in [2.05, 4.69) is 37.3 Å². The van der Waals surface area contributed by atoms with Crippen molar-refractivity contribution >= 4 is 22.4 Å². The lowest BCUT2D eigenvalue weighted by molar-refractivity contribution is 0.0865. The first-order valence-corrected chi connectivity index (χ1v) is 8.52. The Kier molecular flexibility index (Phi) is 3.43. The largest absolute Gasteiger partial charge is 0.378 e. The van der Waals surface area contributed by atoms with Gasteiger partial charge < -0.3 is 4.74 Å². The highest BCUT2D eigenvalue weighted by Gasteiger charge is 2.34. The minimum absolute atomic E-state index is 0.0577. The summed E-state index contributed by atoms with van der Waals surface area (Å²) in [6.45, 7) is 3.05. The molecule has 2 aromatic carbocycles. The molecule has 0 radical (unpaired) electrons. The van der Waals surface area contributed by atoms with Gasteiger partial charge in [-0.1, -0.05) is 37.3 Å². The Bertz CT molecular complexity index is 668. The molecule has 2 heteroatoms. The van der Waals surface area contributed by atoms with Gasteiger partial charge in [-0.05, 0) is 53.1 Å². The van der Waals surface area contributed by atoms with E-state index in [0.717, 1.165) is 19.4 Å². The predicted octanol–water partition coefficient (Wildman–Crippen LogP) is 5.03. The molecule has 0 N–H and O–H groups in total. The second kappa shape index (κ2) is 5.30. The molecule has 1 aliphatic heterocycles. The number of alkyl halides is 1. The average Bonchev–Trinajstić information content (AvgIpc) is 3.15.